The number of rotatable bonds is 3. The third-order valence-corrected chi connectivity index (χ3v) is 10.3. The van der Waals surface area contributed by atoms with Crippen LogP contribution in [-0.2, 0) is 4.79 Å². The molecule has 0 radical (unpaired) electrons. The van der Waals surface area contributed by atoms with Crippen molar-refractivity contribution in [1.29, 1.82) is 0 Å². The van der Waals surface area contributed by atoms with Gasteiger partial charge in [-0.05, 0) is 137 Å². The van der Waals surface area contributed by atoms with Gasteiger partial charge >= 0.3 is 0 Å². The zero-order valence-electron chi connectivity index (χ0n) is 17.3. The first-order chi connectivity index (χ1) is 13.4. The highest BCUT2D eigenvalue weighted by Crippen LogP contribution is 2.62. The van der Waals surface area contributed by atoms with E-state index in [1.54, 1.807) is 0 Å². The summed E-state index contributed by atoms with van der Waals surface area (Å²) in [6, 6.07) is 0.380. The van der Waals surface area contributed by atoms with Crippen LogP contribution in [0.5, 0.6) is 0 Å². The van der Waals surface area contributed by atoms with E-state index < -0.39 is 0 Å². The summed E-state index contributed by atoms with van der Waals surface area (Å²) >= 11 is 5.67. The monoisotopic (exact) mass is 400 g/mol. The lowest BCUT2D eigenvalue weighted by molar-refractivity contribution is -0.144. The number of carbonyl (C=O) groups excluding carboxylic acids is 1. The van der Waals surface area contributed by atoms with Gasteiger partial charge in [-0.15, -0.1) is 0 Å². The Hall–Kier alpha value is -0.640. The van der Waals surface area contributed by atoms with Crippen LogP contribution in [0.2, 0.25) is 0 Å². The SMILES string of the molecule is C[C@H](NC(=S)NC(=O)C12CC3CC(CC(C3)C1)C2)C12CC3CC(CC(C3)C1)C2. The quantitative estimate of drug-likeness (QED) is 0.669. The van der Waals surface area contributed by atoms with Crippen molar-refractivity contribution < 1.29 is 4.79 Å². The van der Waals surface area contributed by atoms with Crippen molar-refractivity contribution in [2.24, 2.45) is 46.3 Å². The van der Waals surface area contributed by atoms with Crippen LogP contribution in [-0.4, -0.2) is 17.1 Å². The maximum absolute atomic E-state index is 13.3. The van der Waals surface area contributed by atoms with Gasteiger partial charge in [-0.1, -0.05) is 0 Å². The van der Waals surface area contributed by atoms with Gasteiger partial charge < -0.3 is 10.6 Å². The highest BCUT2D eigenvalue weighted by atomic mass is 32.1. The molecule has 1 amide bonds. The van der Waals surface area contributed by atoms with Crippen molar-refractivity contribution in [3.05, 3.63) is 0 Å². The molecule has 0 unspecified atom stereocenters. The van der Waals surface area contributed by atoms with Gasteiger partial charge in [-0.25, -0.2) is 0 Å². The highest BCUT2D eigenvalue weighted by molar-refractivity contribution is 7.80. The number of amides is 1. The lowest BCUT2D eigenvalue weighted by Crippen LogP contribution is -2.59. The van der Waals surface area contributed by atoms with E-state index in [2.05, 4.69) is 17.6 Å². The normalized spacial score (nSPS) is 51.2. The highest BCUT2D eigenvalue weighted by Gasteiger charge is 2.55. The summed E-state index contributed by atoms with van der Waals surface area (Å²) in [6.45, 7) is 2.33. The van der Waals surface area contributed by atoms with Gasteiger partial charge in [-0.3, -0.25) is 4.79 Å². The first-order valence-electron chi connectivity index (χ1n) is 12.0. The van der Waals surface area contributed by atoms with Crippen LogP contribution in [0.4, 0.5) is 0 Å². The zero-order valence-corrected chi connectivity index (χ0v) is 18.2. The molecular formula is C24H36N2OS. The van der Waals surface area contributed by atoms with Gasteiger partial charge in [0.1, 0.15) is 0 Å². The maximum atomic E-state index is 13.3. The summed E-state index contributed by atoms with van der Waals surface area (Å²) in [5, 5.41) is 7.38. The van der Waals surface area contributed by atoms with Gasteiger partial charge in [-0.2, -0.15) is 0 Å². The van der Waals surface area contributed by atoms with E-state index in [4.69, 9.17) is 12.2 Å². The first-order valence-corrected chi connectivity index (χ1v) is 12.4. The van der Waals surface area contributed by atoms with Crippen molar-refractivity contribution in [2.75, 3.05) is 0 Å². The molecule has 1 atom stereocenters. The van der Waals surface area contributed by atoms with Crippen LogP contribution in [0.25, 0.3) is 0 Å². The van der Waals surface area contributed by atoms with E-state index in [-0.39, 0.29) is 11.3 Å². The van der Waals surface area contributed by atoms with Gasteiger partial charge in [0.25, 0.3) is 0 Å². The lowest BCUT2D eigenvalue weighted by Gasteiger charge is -2.59. The molecule has 28 heavy (non-hydrogen) atoms. The number of carbonyl (C=O) groups is 1. The Morgan fingerprint density at radius 1 is 0.786 bits per heavy atom. The number of hydrogen-bond donors (Lipinski definition) is 2. The minimum Gasteiger partial charge on any atom is -0.359 e. The Bertz CT molecular complexity index is 630. The molecular weight excluding hydrogens is 364 g/mol. The second kappa shape index (κ2) is 6.18. The topological polar surface area (TPSA) is 41.1 Å². The van der Waals surface area contributed by atoms with Crippen molar-refractivity contribution in [3.8, 4) is 0 Å². The van der Waals surface area contributed by atoms with Crippen LogP contribution >= 0.6 is 12.2 Å². The maximum Gasteiger partial charge on any atom is 0.232 e. The fourth-order valence-corrected chi connectivity index (χ4v) is 9.99. The van der Waals surface area contributed by atoms with Crippen LogP contribution in [0.15, 0.2) is 0 Å². The van der Waals surface area contributed by atoms with Crippen LogP contribution in [0.3, 0.4) is 0 Å². The number of thiocarbonyl (C=S) groups is 1. The average molecular weight is 401 g/mol. The Morgan fingerprint density at radius 2 is 1.18 bits per heavy atom. The molecule has 8 aliphatic carbocycles. The minimum atomic E-state index is -0.107. The largest absolute Gasteiger partial charge is 0.359 e. The molecule has 0 heterocycles. The van der Waals surface area contributed by atoms with E-state index in [1.165, 1.54) is 57.8 Å². The summed E-state index contributed by atoms with van der Waals surface area (Å²) in [6.07, 6.45) is 16.0. The molecule has 8 aliphatic rings. The smallest absolute Gasteiger partial charge is 0.232 e. The molecule has 8 rings (SSSR count). The Morgan fingerprint density at radius 3 is 1.61 bits per heavy atom. The third kappa shape index (κ3) is 2.80. The molecule has 3 nitrogen and oxygen atoms in total. The summed E-state index contributed by atoms with van der Waals surface area (Å²) in [4.78, 5) is 13.3. The van der Waals surface area contributed by atoms with E-state index in [0.717, 1.165) is 54.8 Å². The molecule has 8 saturated carbocycles. The van der Waals surface area contributed by atoms with Crippen molar-refractivity contribution in [2.45, 2.75) is 90.0 Å². The fraction of sp³-hybridized carbons (Fsp3) is 0.917. The average Bonchev–Trinajstić information content (AvgIpc) is 2.59. The third-order valence-electron chi connectivity index (χ3n) is 10.1. The fourth-order valence-electron chi connectivity index (χ4n) is 9.72. The Labute approximate surface area is 175 Å². The van der Waals surface area contributed by atoms with E-state index >= 15 is 0 Å². The van der Waals surface area contributed by atoms with Gasteiger partial charge in [0.2, 0.25) is 5.91 Å². The van der Waals surface area contributed by atoms with Crippen molar-refractivity contribution in [1.82, 2.24) is 10.6 Å². The molecule has 0 aliphatic heterocycles. The predicted octanol–water partition coefficient (Wildman–Crippen LogP) is 4.80. The predicted molar refractivity (Wildman–Crippen MR) is 115 cm³/mol. The molecule has 8 bridgehead atoms. The van der Waals surface area contributed by atoms with E-state index in [0.29, 0.717) is 16.6 Å². The first kappa shape index (κ1) is 18.2. The van der Waals surface area contributed by atoms with Gasteiger partial charge in [0.15, 0.2) is 5.11 Å². The standard InChI is InChI=1S/C24H36N2OS/c1-14(23-8-15-2-16(9-23)4-17(3-15)10-23)25-22(28)26-21(27)24-11-18-5-19(12-24)7-20(6-18)13-24/h14-20H,2-13H2,1H3,(H2,25,26,27,28)/t14-,15?,16?,17?,18?,19?,20?,23?,24?/m0/s1. The summed E-state index contributed by atoms with van der Waals surface area (Å²) < 4.78 is 0. The van der Waals surface area contributed by atoms with Crippen LogP contribution in [0.1, 0.15) is 84.0 Å². The second-order valence-corrected chi connectivity index (χ2v) is 12.5. The Kier molecular flexibility index (Phi) is 4.01. The van der Waals surface area contributed by atoms with E-state index in [9.17, 15) is 4.79 Å². The number of hydrogen-bond acceptors (Lipinski definition) is 2. The summed E-state index contributed by atoms with van der Waals surface area (Å²) in [5.41, 5.74) is 0.314. The summed E-state index contributed by atoms with van der Waals surface area (Å²) in [7, 11) is 0. The van der Waals surface area contributed by atoms with Crippen molar-refractivity contribution >= 4 is 23.2 Å². The van der Waals surface area contributed by atoms with Crippen LogP contribution < -0.4 is 10.6 Å². The minimum absolute atomic E-state index is 0.107. The molecule has 8 fully saturated rings. The van der Waals surface area contributed by atoms with Gasteiger partial charge in [0, 0.05) is 6.04 Å². The molecule has 2 N–H and O–H groups in total. The van der Waals surface area contributed by atoms with E-state index in [1.807, 2.05) is 0 Å². The molecule has 154 valence electrons. The molecule has 0 spiro atoms. The Balaban J connectivity index is 1.11. The number of nitrogens with one attached hydrogen (secondary N) is 2. The lowest BCUT2D eigenvalue weighted by atomic mass is 9.48. The molecule has 0 aromatic carbocycles. The van der Waals surface area contributed by atoms with Gasteiger partial charge in [0.05, 0.1) is 5.41 Å². The second-order valence-electron chi connectivity index (χ2n) is 12.1. The molecule has 0 aromatic rings. The molecule has 4 heteroatoms. The van der Waals surface area contributed by atoms with Crippen molar-refractivity contribution in [3.63, 3.8) is 0 Å². The molecule has 0 saturated heterocycles. The zero-order chi connectivity index (χ0) is 19.1. The summed E-state index contributed by atoms with van der Waals surface area (Å²) in [5.74, 6) is 5.47. The molecule has 0 aromatic heterocycles. The van der Waals surface area contributed by atoms with Crippen LogP contribution in [0, 0.1) is 46.3 Å².